The summed E-state index contributed by atoms with van der Waals surface area (Å²) in [6.45, 7) is 3.56. The van der Waals surface area contributed by atoms with Crippen LogP contribution in [0.3, 0.4) is 0 Å². The highest BCUT2D eigenvalue weighted by Gasteiger charge is 2.23. The highest BCUT2D eigenvalue weighted by molar-refractivity contribution is 7.99. The van der Waals surface area contributed by atoms with E-state index in [9.17, 15) is 9.59 Å². The van der Waals surface area contributed by atoms with Crippen molar-refractivity contribution in [1.82, 2.24) is 9.88 Å². The van der Waals surface area contributed by atoms with Crippen LogP contribution in [0.2, 0.25) is 0 Å². The molecule has 1 aliphatic heterocycles. The van der Waals surface area contributed by atoms with Crippen LogP contribution in [0.5, 0.6) is 0 Å². The molecule has 0 radical (unpaired) electrons. The lowest BCUT2D eigenvalue weighted by molar-refractivity contribution is 0.0526. The van der Waals surface area contributed by atoms with E-state index in [0.717, 1.165) is 35.5 Å². The molecule has 0 aliphatic carbocycles. The third-order valence-electron chi connectivity index (χ3n) is 4.95. The molecule has 0 saturated carbocycles. The average molecular weight is 422 g/mol. The van der Waals surface area contributed by atoms with Gasteiger partial charge in [0.2, 0.25) is 0 Å². The maximum atomic E-state index is 13.3. The first-order valence-electron chi connectivity index (χ1n) is 9.96. The van der Waals surface area contributed by atoms with E-state index in [1.54, 1.807) is 31.3 Å². The third kappa shape index (κ3) is 4.26. The standard InChI is InChI=1S/C23H23N3O3S/c1-2-29-23(28)16-6-5-7-17(14-16)25-21-18-8-3-4-9-20(18)24-15-19(21)22(27)26-10-12-30-13-11-26/h3-9,14-15H,2,10-13H2,1H3,(H,24,25). The fourth-order valence-electron chi connectivity index (χ4n) is 3.46. The van der Waals surface area contributed by atoms with E-state index in [4.69, 9.17) is 4.74 Å². The molecule has 1 aliphatic rings. The van der Waals surface area contributed by atoms with Gasteiger partial charge in [-0.05, 0) is 31.2 Å². The van der Waals surface area contributed by atoms with Crippen LogP contribution in [0.25, 0.3) is 10.9 Å². The first-order valence-corrected chi connectivity index (χ1v) is 11.1. The second kappa shape index (κ2) is 9.17. The van der Waals surface area contributed by atoms with Crippen LogP contribution >= 0.6 is 11.8 Å². The summed E-state index contributed by atoms with van der Waals surface area (Å²) in [6.07, 6.45) is 1.64. The summed E-state index contributed by atoms with van der Waals surface area (Å²) >= 11 is 1.86. The molecule has 6 nitrogen and oxygen atoms in total. The molecule has 0 spiro atoms. The Morgan fingerprint density at radius 2 is 1.93 bits per heavy atom. The van der Waals surface area contributed by atoms with Crippen LogP contribution in [0, 0.1) is 0 Å². The summed E-state index contributed by atoms with van der Waals surface area (Å²) in [5.74, 6) is 1.48. The van der Waals surface area contributed by atoms with Gasteiger partial charge >= 0.3 is 5.97 Å². The van der Waals surface area contributed by atoms with Gasteiger partial charge in [0.25, 0.3) is 5.91 Å². The summed E-state index contributed by atoms with van der Waals surface area (Å²) in [6, 6.07) is 14.8. The van der Waals surface area contributed by atoms with Crippen LogP contribution in [0.15, 0.2) is 54.7 Å². The van der Waals surface area contributed by atoms with Crippen LogP contribution < -0.4 is 5.32 Å². The lowest BCUT2D eigenvalue weighted by Crippen LogP contribution is -2.38. The summed E-state index contributed by atoms with van der Waals surface area (Å²) in [5, 5.41) is 4.23. The van der Waals surface area contributed by atoms with E-state index < -0.39 is 0 Å². The highest BCUT2D eigenvalue weighted by Crippen LogP contribution is 2.31. The molecule has 1 fully saturated rings. The molecule has 1 aromatic heterocycles. The number of nitrogens with one attached hydrogen (secondary N) is 1. The van der Waals surface area contributed by atoms with Gasteiger partial charge in [0.05, 0.1) is 28.9 Å². The lowest BCUT2D eigenvalue weighted by Gasteiger charge is -2.27. The Hall–Kier alpha value is -3.06. The summed E-state index contributed by atoms with van der Waals surface area (Å²) in [5.41, 5.74) is 3.19. The number of pyridine rings is 1. The molecule has 2 aromatic carbocycles. The number of hydrogen-bond donors (Lipinski definition) is 1. The Labute approximate surface area is 179 Å². The summed E-state index contributed by atoms with van der Waals surface area (Å²) < 4.78 is 5.11. The largest absolute Gasteiger partial charge is 0.462 e. The minimum atomic E-state index is -0.372. The number of ether oxygens (including phenoxy) is 1. The molecule has 4 rings (SSSR count). The normalized spacial score (nSPS) is 13.8. The maximum Gasteiger partial charge on any atom is 0.338 e. The number of para-hydroxylation sites is 1. The molecule has 7 heteroatoms. The van der Waals surface area contributed by atoms with E-state index >= 15 is 0 Å². The van der Waals surface area contributed by atoms with Gasteiger partial charge in [0.1, 0.15) is 0 Å². The summed E-state index contributed by atoms with van der Waals surface area (Å²) in [7, 11) is 0. The Balaban J connectivity index is 1.74. The zero-order chi connectivity index (χ0) is 20.9. The van der Waals surface area contributed by atoms with E-state index in [0.29, 0.717) is 29.1 Å². The number of thioether (sulfide) groups is 1. The van der Waals surface area contributed by atoms with Crippen LogP contribution in [-0.4, -0.2) is 53.0 Å². The minimum absolute atomic E-state index is 0.0300. The third-order valence-corrected chi connectivity index (χ3v) is 5.89. The molecular formula is C23H23N3O3S. The molecule has 2 heterocycles. The first-order chi connectivity index (χ1) is 14.7. The second-order valence-electron chi connectivity index (χ2n) is 6.89. The van der Waals surface area contributed by atoms with Gasteiger partial charge in [0.15, 0.2) is 0 Å². The van der Waals surface area contributed by atoms with Gasteiger partial charge in [-0.25, -0.2) is 4.79 Å². The molecule has 1 N–H and O–H groups in total. The topological polar surface area (TPSA) is 71.5 Å². The lowest BCUT2D eigenvalue weighted by atomic mass is 10.1. The zero-order valence-electron chi connectivity index (χ0n) is 16.8. The summed E-state index contributed by atoms with van der Waals surface area (Å²) in [4.78, 5) is 31.8. The number of hydrogen-bond acceptors (Lipinski definition) is 6. The number of carbonyl (C=O) groups excluding carboxylic acids is 2. The minimum Gasteiger partial charge on any atom is -0.462 e. The predicted molar refractivity (Wildman–Crippen MR) is 121 cm³/mol. The number of amides is 1. The molecule has 1 saturated heterocycles. The first kappa shape index (κ1) is 20.2. The van der Waals surface area contributed by atoms with Crippen molar-refractivity contribution in [1.29, 1.82) is 0 Å². The van der Waals surface area contributed by atoms with Crippen LogP contribution in [0.4, 0.5) is 11.4 Å². The fourth-order valence-corrected chi connectivity index (χ4v) is 4.36. The zero-order valence-corrected chi connectivity index (χ0v) is 17.6. The van der Waals surface area contributed by atoms with Crippen LogP contribution in [0.1, 0.15) is 27.6 Å². The molecule has 30 heavy (non-hydrogen) atoms. The molecule has 0 bridgehead atoms. The van der Waals surface area contributed by atoms with Crippen molar-refractivity contribution in [3.8, 4) is 0 Å². The van der Waals surface area contributed by atoms with Gasteiger partial charge in [-0.1, -0.05) is 24.3 Å². The number of nitrogens with zero attached hydrogens (tertiary/aromatic N) is 2. The van der Waals surface area contributed by atoms with Gasteiger partial charge in [-0.2, -0.15) is 11.8 Å². The van der Waals surface area contributed by atoms with E-state index in [-0.39, 0.29) is 11.9 Å². The van der Waals surface area contributed by atoms with Crippen molar-refractivity contribution in [2.45, 2.75) is 6.92 Å². The molecule has 0 unspecified atom stereocenters. The van der Waals surface area contributed by atoms with Crippen molar-refractivity contribution in [2.75, 3.05) is 36.5 Å². The number of aromatic nitrogens is 1. The van der Waals surface area contributed by atoms with Crippen molar-refractivity contribution >= 4 is 45.9 Å². The Kier molecular flexibility index (Phi) is 6.18. The smallest absolute Gasteiger partial charge is 0.338 e. The Bertz CT molecular complexity index is 1080. The average Bonchev–Trinajstić information content (AvgIpc) is 2.80. The number of fused-ring (bicyclic) bond motifs is 1. The van der Waals surface area contributed by atoms with Crippen LogP contribution in [-0.2, 0) is 4.74 Å². The van der Waals surface area contributed by atoms with E-state index in [2.05, 4.69) is 10.3 Å². The fraction of sp³-hybridized carbons (Fsp3) is 0.261. The molecular weight excluding hydrogens is 398 g/mol. The number of rotatable bonds is 5. The molecule has 1 amide bonds. The number of benzene rings is 2. The molecule has 0 atom stereocenters. The maximum absolute atomic E-state index is 13.3. The SMILES string of the molecule is CCOC(=O)c1cccc(Nc2c(C(=O)N3CCSCC3)cnc3ccccc23)c1. The van der Waals surface area contributed by atoms with Gasteiger partial charge in [-0.3, -0.25) is 9.78 Å². The number of esters is 1. The van der Waals surface area contributed by atoms with Crippen molar-refractivity contribution in [3.63, 3.8) is 0 Å². The van der Waals surface area contributed by atoms with Gasteiger partial charge in [-0.15, -0.1) is 0 Å². The van der Waals surface area contributed by atoms with E-state index in [1.165, 1.54) is 0 Å². The van der Waals surface area contributed by atoms with Crippen molar-refractivity contribution in [2.24, 2.45) is 0 Å². The van der Waals surface area contributed by atoms with Gasteiger partial charge in [0, 0.05) is 41.9 Å². The molecule has 3 aromatic rings. The number of anilines is 2. The second-order valence-corrected chi connectivity index (χ2v) is 8.12. The van der Waals surface area contributed by atoms with Crippen molar-refractivity contribution < 1.29 is 14.3 Å². The monoisotopic (exact) mass is 421 g/mol. The number of carbonyl (C=O) groups is 2. The Morgan fingerprint density at radius 3 is 2.73 bits per heavy atom. The Morgan fingerprint density at radius 1 is 1.13 bits per heavy atom. The predicted octanol–water partition coefficient (Wildman–Crippen LogP) is 4.34. The van der Waals surface area contributed by atoms with E-state index in [1.807, 2.05) is 47.0 Å². The van der Waals surface area contributed by atoms with Gasteiger partial charge < -0.3 is 15.0 Å². The van der Waals surface area contributed by atoms with Crippen molar-refractivity contribution in [3.05, 3.63) is 65.9 Å². The highest BCUT2D eigenvalue weighted by atomic mass is 32.2. The molecule has 154 valence electrons. The quantitative estimate of drug-likeness (QED) is 0.618.